The second-order valence-corrected chi connectivity index (χ2v) is 8.63. The maximum absolute atomic E-state index is 13.7. The molecule has 0 spiro atoms. The summed E-state index contributed by atoms with van der Waals surface area (Å²) in [6.07, 6.45) is 0. The lowest BCUT2D eigenvalue weighted by Gasteiger charge is -2.11. The Labute approximate surface area is 227 Å². The molecular weight excluding hydrogens is 506 g/mol. The minimum Gasteiger partial charge on any atom is -0.207 e. The monoisotopic (exact) mass is 516 g/mol. The van der Waals surface area contributed by atoms with E-state index >= 15 is 0 Å². The van der Waals surface area contributed by atoms with Gasteiger partial charge in [0.05, 0.1) is 11.1 Å². The third kappa shape index (κ3) is 3.64. The van der Waals surface area contributed by atoms with Gasteiger partial charge in [-0.15, -0.1) is 0 Å². The van der Waals surface area contributed by atoms with E-state index in [4.69, 9.17) is 0 Å². The standard InChI is InChI=1S/C32H10F2N6/c33-21-5-1-17(2-6-21)29-27(15-39)23-9-24-26(10-25(23)31(29)19(11-35)12-36)32(20(13-37)14-38)30(28(24)16-40)18-3-7-22(34)8-4-18/h1-10H. The number of fused-ring (bicyclic) bond motifs is 2. The number of rotatable bonds is 2. The number of halogens is 2. The van der Waals surface area contributed by atoms with Gasteiger partial charge in [0.25, 0.3) is 0 Å². The molecule has 0 bridgehead atoms. The van der Waals surface area contributed by atoms with Crippen LogP contribution >= 0.6 is 0 Å². The average Bonchev–Trinajstić information content (AvgIpc) is 3.46. The molecule has 0 aliphatic heterocycles. The quantitative estimate of drug-likeness (QED) is 0.358. The van der Waals surface area contributed by atoms with Crippen molar-refractivity contribution in [3.8, 4) is 36.4 Å². The van der Waals surface area contributed by atoms with Gasteiger partial charge in [-0.05, 0) is 58.7 Å². The van der Waals surface area contributed by atoms with E-state index in [-0.39, 0.29) is 44.6 Å². The largest absolute Gasteiger partial charge is 0.207 e. The normalized spacial score (nSPS) is 12.8. The summed E-state index contributed by atoms with van der Waals surface area (Å²) in [5, 5.41) is 59.7. The first-order valence-electron chi connectivity index (χ1n) is 11.5. The number of hydrogen-bond acceptors (Lipinski definition) is 6. The van der Waals surface area contributed by atoms with E-state index in [1.54, 1.807) is 12.1 Å². The van der Waals surface area contributed by atoms with E-state index < -0.39 is 11.6 Å². The predicted molar refractivity (Wildman–Crippen MR) is 140 cm³/mol. The zero-order valence-corrected chi connectivity index (χ0v) is 20.2. The van der Waals surface area contributed by atoms with Crippen molar-refractivity contribution in [1.29, 1.82) is 31.6 Å². The Kier molecular flexibility index (Phi) is 6.09. The number of benzene rings is 3. The molecular formula is C32H10F2N6. The molecule has 0 saturated heterocycles. The molecule has 0 saturated carbocycles. The molecule has 0 heterocycles. The molecule has 40 heavy (non-hydrogen) atoms. The Morgan fingerprint density at radius 1 is 0.475 bits per heavy atom. The van der Waals surface area contributed by atoms with Gasteiger partial charge in [0.1, 0.15) is 59.2 Å². The van der Waals surface area contributed by atoms with E-state index in [0.29, 0.717) is 33.4 Å². The zero-order chi connectivity index (χ0) is 28.6. The highest BCUT2D eigenvalue weighted by atomic mass is 19.1. The first-order valence-corrected chi connectivity index (χ1v) is 11.5. The number of hydrogen-bond donors (Lipinski definition) is 0. The molecule has 3 aromatic carbocycles. The maximum Gasteiger partial charge on any atom is 0.138 e. The molecule has 0 N–H and O–H groups in total. The van der Waals surface area contributed by atoms with E-state index in [0.717, 1.165) is 0 Å². The fourth-order valence-corrected chi connectivity index (χ4v) is 5.05. The van der Waals surface area contributed by atoms with Crippen molar-refractivity contribution < 1.29 is 8.78 Å². The van der Waals surface area contributed by atoms with Crippen LogP contribution in [0, 0.1) is 79.6 Å². The van der Waals surface area contributed by atoms with Gasteiger partial charge in [-0.25, -0.2) is 8.78 Å². The fraction of sp³-hybridized carbons (Fsp3) is 0. The Hall–Kier alpha value is -6.58. The molecule has 0 unspecified atom stereocenters. The van der Waals surface area contributed by atoms with Crippen molar-refractivity contribution in [2.75, 3.05) is 0 Å². The van der Waals surface area contributed by atoms with Crippen LogP contribution in [0.25, 0.3) is 33.4 Å². The van der Waals surface area contributed by atoms with Crippen molar-refractivity contribution in [2.45, 2.75) is 0 Å². The number of nitriles is 6. The third-order valence-corrected chi connectivity index (χ3v) is 6.67. The summed E-state index contributed by atoms with van der Waals surface area (Å²) in [5.41, 5.74) is 2.37. The molecule has 8 heteroatoms. The topological polar surface area (TPSA) is 143 Å². The molecule has 5 rings (SSSR count). The van der Waals surface area contributed by atoms with Crippen LogP contribution in [0.15, 0.2) is 71.8 Å². The second kappa shape index (κ2) is 9.71. The van der Waals surface area contributed by atoms with Crippen LogP contribution in [-0.2, 0) is 0 Å². The summed E-state index contributed by atoms with van der Waals surface area (Å²) in [4.78, 5) is 0. The lowest BCUT2D eigenvalue weighted by Crippen LogP contribution is -1.95. The molecule has 0 atom stereocenters. The first-order chi connectivity index (χ1) is 19.4. The van der Waals surface area contributed by atoms with Crippen molar-refractivity contribution in [1.82, 2.24) is 0 Å². The molecule has 0 radical (unpaired) electrons. The highest BCUT2D eigenvalue weighted by Crippen LogP contribution is 2.54. The summed E-state index contributed by atoms with van der Waals surface area (Å²) in [5.74, 6) is -1.03. The Balaban J connectivity index is 1.93. The van der Waals surface area contributed by atoms with Gasteiger partial charge in [-0.2, -0.15) is 31.6 Å². The van der Waals surface area contributed by atoms with Gasteiger partial charge >= 0.3 is 0 Å². The molecule has 0 aromatic heterocycles. The van der Waals surface area contributed by atoms with Crippen LogP contribution in [0.5, 0.6) is 0 Å². The summed E-state index contributed by atoms with van der Waals surface area (Å²) >= 11 is 0. The Bertz CT molecular complexity index is 1870. The van der Waals surface area contributed by atoms with Crippen LogP contribution in [0.1, 0.15) is 33.4 Å². The summed E-state index contributed by atoms with van der Waals surface area (Å²) in [6, 6.07) is 25.2. The molecule has 0 fully saturated rings. The minimum atomic E-state index is -0.517. The highest BCUT2D eigenvalue weighted by molar-refractivity contribution is 6.29. The van der Waals surface area contributed by atoms with E-state index in [2.05, 4.69) is 12.1 Å². The SMILES string of the molecule is N#CC(C#N)=C1C(c2ccc(F)cc2)=C(C#N)c2cc3c(cc21)C(=C(C#N)C#N)C(c1ccc(F)cc1)=C3C#N. The van der Waals surface area contributed by atoms with Gasteiger partial charge in [0.15, 0.2) is 0 Å². The molecule has 2 aliphatic rings. The third-order valence-electron chi connectivity index (χ3n) is 6.67. The fourth-order valence-electron chi connectivity index (χ4n) is 5.05. The van der Waals surface area contributed by atoms with Gasteiger partial charge in [-0.1, -0.05) is 24.3 Å². The second-order valence-electron chi connectivity index (χ2n) is 8.63. The maximum atomic E-state index is 13.7. The Morgan fingerprint density at radius 2 is 0.800 bits per heavy atom. The molecule has 0 amide bonds. The van der Waals surface area contributed by atoms with E-state index in [1.807, 2.05) is 24.3 Å². The summed E-state index contributed by atoms with van der Waals surface area (Å²) in [6.45, 7) is 0. The summed E-state index contributed by atoms with van der Waals surface area (Å²) < 4.78 is 27.4. The van der Waals surface area contributed by atoms with Crippen molar-refractivity contribution in [3.05, 3.63) is 117 Å². The van der Waals surface area contributed by atoms with E-state index in [9.17, 15) is 40.4 Å². The predicted octanol–water partition coefficient (Wildman–Crippen LogP) is 6.46. The van der Waals surface area contributed by atoms with Crippen LogP contribution in [0.2, 0.25) is 0 Å². The average molecular weight is 516 g/mol. The van der Waals surface area contributed by atoms with Crippen LogP contribution in [0.4, 0.5) is 8.78 Å². The first kappa shape index (κ1) is 25.1. The lowest BCUT2D eigenvalue weighted by atomic mass is 9.89. The van der Waals surface area contributed by atoms with Gasteiger partial charge < -0.3 is 0 Å². The van der Waals surface area contributed by atoms with Crippen molar-refractivity contribution in [3.63, 3.8) is 0 Å². The number of nitrogens with zero attached hydrogens (tertiary/aromatic N) is 6. The van der Waals surface area contributed by atoms with Gasteiger partial charge in [0, 0.05) is 33.4 Å². The van der Waals surface area contributed by atoms with Gasteiger partial charge in [0.2, 0.25) is 0 Å². The summed E-state index contributed by atoms with van der Waals surface area (Å²) in [7, 11) is 0. The molecule has 2 aliphatic carbocycles. The Morgan fingerprint density at radius 3 is 1.10 bits per heavy atom. The van der Waals surface area contributed by atoms with Crippen LogP contribution in [0.3, 0.4) is 0 Å². The van der Waals surface area contributed by atoms with Crippen LogP contribution in [-0.4, -0.2) is 0 Å². The van der Waals surface area contributed by atoms with Gasteiger partial charge in [-0.3, -0.25) is 0 Å². The molecule has 3 aromatic rings. The van der Waals surface area contributed by atoms with Crippen molar-refractivity contribution in [2.24, 2.45) is 0 Å². The molecule has 6 nitrogen and oxygen atoms in total. The highest BCUT2D eigenvalue weighted by Gasteiger charge is 2.37. The zero-order valence-electron chi connectivity index (χ0n) is 20.2. The van der Waals surface area contributed by atoms with E-state index in [1.165, 1.54) is 48.5 Å². The van der Waals surface area contributed by atoms with Crippen molar-refractivity contribution >= 4 is 33.4 Å². The molecule has 182 valence electrons. The number of allylic oxidation sites excluding steroid dienone is 8. The lowest BCUT2D eigenvalue weighted by molar-refractivity contribution is 0.627. The smallest absolute Gasteiger partial charge is 0.138 e. The van der Waals surface area contributed by atoms with Crippen LogP contribution < -0.4 is 0 Å². The minimum absolute atomic E-state index is 0.0984.